The zero-order valence-corrected chi connectivity index (χ0v) is 7.80. The molecule has 64 valence electrons. The van der Waals surface area contributed by atoms with Crippen molar-refractivity contribution in [2.24, 2.45) is 4.99 Å². The second kappa shape index (κ2) is 2.92. The van der Waals surface area contributed by atoms with Gasteiger partial charge in [-0.15, -0.1) is 0 Å². The molecule has 0 amide bonds. The van der Waals surface area contributed by atoms with Gasteiger partial charge in [0, 0.05) is 0 Å². The quantitative estimate of drug-likeness (QED) is 0.418. The molecule has 0 saturated carbocycles. The molecule has 1 aliphatic heterocycles. The Morgan fingerprint density at radius 3 is 2.18 bits per heavy atom. The second-order valence-corrected chi connectivity index (χ2v) is 4.61. The number of hydrogen-bond acceptors (Lipinski definition) is 3. The lowest BCUT2D eigenvalue weighted by Crippen LogP contribution is -3.00. The van der Waals surface area contributed by atoms with Gasteiger partial charge in [-0.3, -0.25) is 0 Å². The van der Waals surface area contributed by atoms with E-state index in [0.29, 0.717) is 0 Å². The number of halogens is 1. The Balaban J connectivity index is 0.000001000. The van der Waals surface area contributed by atoms with Crippen LogP contribution in [0.5, 0.6) is 0 Å². The van der Waals surface area contributed by atoms with Crippen LogP contribution in [0.3, 0.4) is 0 Å². The molecule has 1 heterocycles. The van der Waals surface area contributed by atoms with Crippen molar-refractivity contribution in [1.82, 2.24) is 0 Å². The average molecular weight is 197 g/mol. The SMILES string of the molecule is C[N+]1(S(C)(=O)=O)C=CN=C1.[Cl-]. The summed E-state index contributed by atoms with van der Waals surface area (Å²) < 4.78 is 21.7. The molecular weight excluding hydrogens is 188 g/mol. The minimum Gasteiger partial charge on any atom is -1.00 e. The van der Waals surface area contributed by atoms with E-state index in [1.807, 2.05) is 0 Å². The molecule has 1 rings (SSSR count). The number of hydrogen-bond donors (Lipinski definition) is 0. The normalized spacial score (nSPS) is 28.5. The van der Waals surface area contributed by atoms with E-state index >= 15 is 0 Å². The van der Waals surface area contributed by atoms with Gasteiger partial charge in [0.15, 0.2) is 0 Å². The number of nitrogens with zero attached hydrogens (tertiary/aromatic N) is 2. The number of aliphatic imine (C=N–C) groups is 1. The average Bonchev–Trinajstić information content (AvgIpc) is 2.13. The van der Waals surface area contributed by atoms with Gasteiger partial charge in [-0.1, -0.05) is 0 Å². The van der Waals surface area contributed by atoms with Gasteiger partial charge in [0.25, 0.3) is 0 Å². The van der Waals surface area contributed by atoms with Gasteiger partial charge in [0.05, 0.1) is 19.5 Å². The summed E-state index contributed by atoms with van der Waals surface area (Å²) in [5, 5.41) is 0. The van der Waals surface area contributed by atoms with Gasteiger partial charge in [-0.05, 0) is 0 Å². The van der Waals surface area contributed by atoms with Crippen molar-refractivity contribution in [2.45, 2.75) is 0 Å². The number of sulfonamides is 1. The van der Waals surface area contributed by atoms with E-state index in [9.17, 15) is 8.42 Å². The Kier molecular flexibility index (Phi) is 2.82. The number of rotatable bonds is 1. The van der Waals surface area contributed by atoms with E-state index in [1.54, 1.807) is 7.05 Å². The summed E-state index contributed by atoms with van der Waals surface area (Å²) in [6.07, 6.45) is 5.53. The fraction of sp³-hybridized carbons (Fsp3) is 0.400. The summed E-state index contributed by atoms with van der Waals surface area (Å²) in [5.41, 5.74) is 0. The molecule has 1 unspecified atom stereocenters. The summed E-state index contributed by atoms with van der Waals surface area (Å²) in [7, 11) is -1.54. The van der Waals surface area contributed by atoms with Gasteiger partial charge in [0.1, 0.15) is 6.20 Å². The highest BCUT2D eigenvalue weighted by molar-refractivity contribution is 7.85. The standard InChI is InChI=1S/C5H9N2O2S.ClH/c1-7(10(2,8)9)4-3-6-5-7;/h3-5H,1-2H3;1H/q+1;/p-1. The molecule has 1 aliphatic rings. The lowest BCUT2D eigenvalue weighted by molar-refractivity contribution is -0.610. The van der Waals surface area contributed by atoms with Gasteiger partial charge < -0.3 is 12.4 Å². The van der Waals surface area contributed by atoms with Crippen LogP contribution in [0.1, 0.15) is 0 Å². The van der Waals surface area contributed by atoms with Gasteiger partial charge in [-0.25, -0.2) is 4.99 Å². The summed E-state index contributed by atoms with van der Waals surface area (Å²) in [6, 6.07) is 0. The second-order valence-electron chi connectivity index (χ2n) is 2.35. The lowest BCUT2D eigenvalue weighted by Gasteiger charge is -2.17. The molecule has 0 bridgehead atoms. The molecule has 1 atom stereocenters. The van der Waals surface area contributed by atoms with E-state index in [0.717, 1.165) is 0 Å². The molecule has 0 N–H and O–H groups in total. The predicted molar refractivity (Wildman–Crippen MR) is 38.7 cm³/mol. The monoisotopic (exact) mass is 196 g/mol. The maximum absolute atomic E-state index is 11.0. The van der Waals surface area contributed by atoms with Crippen molar-refractivity contribution in [3.05, 3.63) is 12.4 Å². The third-order valence-electron chi connectivity index (χ3n) is 1.46. The predicted octanol–water partition coefficient (Wildman–Crippen LogP) is -3.09. The first kappa shape index (κ1) is 10.6. The Bertz CT molecular complexity index is 282. The van der Waals surface area contributed by atoms with Crippen LogP contribution in [0.4, 0.5) is 0 Å². The minimum absolute atomic E-state index is 0. The van der Waals surface area contributed by atoms with E-state index in [1.165, 1.54) is 25.0 Å². The summed E-state index contributed by atoms with van der Waals surface area (Å²) in [4.78, 5) is 3.69. The summed E-state index contributed by atoms with van der Waals surface area (Å²) in [5.74, 6) is 0. The third-order valence-corrected chi connectivity index (χ3v) is 3.10. The highest BCUT2D eigenvalue weighted by Crippen LogP contribution is 2.12. The molecule has 11 heavy (non-hydrogen) atoms. The Morgan fingerprint density at radius 1 is 1.45 bits per heavy atom. The van der Waals surface area contributed by atoms with Crippen LogP contribution in [0.15, 0.2) is 17.4 Å². The molecule has 6 heteroatoms. The highest BCUT2D eigenvalue weighted by Gasteiger charge is 2.31. The zero-order valence-electron chi connectivity index (χ0n) is 6.23. The molecule has 0 radical (unpaired) electrons. The fourth-order valence-electron chi connectivity index (χ4n) is 0.576. The third kappa shape index (κ3) is 1.79. The van der Waals surface area contributed by atoms with Crippen LogP contribution in [-0.4, -0.2) is 31.9 Å². The van der Waals surface area contributed by atoms with E-state index in [-0.39, 0.29) is 16.3 Å². The topological polar surface area (TPSA) is 46.5 Å². The molecule has 0 saturated heterocycles. The first-order chi connectivity index (χ1) is 4.46. The summed E-state index contributed by atoms with van der Waals surface area (Å²) in [6.45, 7) is 0. The van der Waals surface area contributed by atoms with Crippen LogP contribution in [-0.2, 0) is 10.0 Å². The first-order valence-corrected chi connectivity index (χ1v) is 4.59. The molecular formula is C5H9ClN2O2S. The van der Waals surface area contributed by atoms with Gasteiger partial charge in [0.2, 0.25) is 6.34 Å². The van der Waals surface area contributed by atoms with E-state index < -0.39 is 10.0 Å². The molecule has 0 spiro atoms. The highest BCUT2D eigenvalue weighted by atomic mass is 35.5. The van der Waals surface area contributed by atoms with Gasteiger partial charge in [-0.2, -0.15) is 12.3 Å². The van der Waals surface area contributed by atoms with Crippen molar-refractivity contribution in [3.63, 3.8) is 0 Å². The van der Waals surface area contributed by atoms with Crippen LogP contribution in [0, 0.1) is 0 Å². The van der Waals surface area contributed by atoms with E-state index in [2.05, 4.69) is 4.99 Å². The Labute approximate surface area is 72.3 Å². The maximum Gasteiger partial charge on any atom is 0.303 e. The molecule has 0 aromatic rings. The molecule has 0 aromatic carbocycles. The lowest BCUT2D eigenvalue weighted by atomic mass is 10.8. The Morgan fingerprint density at radius 2 is 2.00 bits per heavy atom. The molecule has 0 aromatic heterocycles. The van der Waals surface area contributed by atoms with Crippen LogP contribution in [0.25, 0.3) is 0 Å². The summed E-state index contributed by atoms with van der Waals surface area (Å²) >= 11 is 0. The largest absolute Gasteiger partial charge is 1.00 e. The zero-order chi connectivity index (χ0) is 7.83. The fourth-order valence-corrected chi connectivity index (χ4v) is 1.08. The van der Waals surface area contributed by atoms with Crippen LogP contribution < -0.4 is 12.4 Å². The minimum atomic E-state index is -3.10. The number of quaternary nitrogens is 1. The van der Waals surface area contributed by atoms with E-state index in [4.69, 9.17) is 0 Å². The smallest absolute Gasteiger partial charge is 0.303 e. The van der Waals surface area contributed by atoms with Crippen molar-refractivity contribution in [3.8, 4) is 0 Å². The van der Waals surface area contributed by atoms with Crippen molar-refractivity contribution >= 4 is 16.4 Å². The van der Waals surface area contributed by atoms with Gasteiger partial charge >= 0.3 is 10.0 Å². The van der Waals surface area contributed by atoms with Crippen LogP contribution >= 0.6 is 0 Å². The Hall–Kier alpha value is -0.390. The molecule has 4 nitrogen and oxygen atoms in total. The molecule has 0 aliphatic carbocycles. The van der Waals surface area contributed by atoms with Crippen LogP contribution in [0.2, 0.25) is 0 Å². The van der Waals surface area contributed by atoms with Crippen molar-refractivity contribution < 1.29 is 24.7 Å². The maximum atomic E-state index is 11.0. The van der Waals surface area contributed by atoms with Crippen molar-refractivity contribution in [2.75, 3.05) is 13.3 Å². The molecule has 0 fully saturated rings. The first-order valence-electron chi connectivity index (χ1n) is 2.74. The van der Waals surface area contributed by atoms with Crippen molar-refractivity contribution in [1.29, 1.82) is 0 Å².